The Morgan fingerprint density at radius 1 is 0.914 bits per heavy atom. The van der Waals surface area contributed by atoms with E-state index >= 15 is 0 Å². The van der Waals surface area contributed by atoms with Crippen LogP contribution >= 0.6 is 22.9 Å². The molecule has 0 atom stereocenters. The molecule has 0 saturated heterocycles. The van der Waals surface area contributed by atoms with Gasteiger partial charge in [0.1, 0.15) is 0 Å². The molecule has 0 fully saturated rings. The number of benzene rings is 3. The highest BCUT2D eigenvalue weighted by molar-refractivity contribution is 7.14. The molecular weight excluding hydrogens is 482 g/mol. The lowest BCUT2D eigenvalue weighted by molar-refractivity contribution is -0.136. The summed E-state index contributed by atoms with van der Waals surface area (Å²) in [6.45, 7) is 1.40. The number of hydrogen-bond acceptors (Lipinski definition) is 5. The fourth-order valence-corrected chi connectivity index (χ4v) is 4.49. The summed E-state index contributed by atoms with van der Waals surface area (Å²) in [5.41, 5.74) is 4.60. The fraction of sp³-hybridized carbons (Fsp3) is 0.148. The summed E-state index contributed by atoms with van der Waals surface area (Å²) in [5.74, 6) is -1.23. The van der Waals surface area contributed by atoms with E-state index in [2.05, 4.69) is 22.3 Å². The highest BCUT2D eigenvalue weighted by Gasteiger charge is 2.15. The number of amides is 1. The largest absolute Gasteiger partial charge is 0.481 e. The van der Waals surface area contributed by atoms with Gasteiger partial charge in [-0.2, -0.15) is 0 Å². The highest BCUT2D eigenvalue weighted by Crippen LogP contribution is 2.30. The second kappa shape index (κ2) is 11.6. The summed E-state index contributed by atoms with van der Waals surface area (Å²) in [4.78, 5) is 30.0. The van der Waals surface area contributed by atoms with E-state index in [0.717, 1.165) is 22.0 Å². The lowest BCUT2D eigenvalue weighted by Gasteiger charge is -2.22. The molecule has 1 heterocycles. The molecule has 0 radical (unpaired) electrons. The van der Waals surface area contributed by atoms with Crippen molar-refractivity contribution < 1.29 is 14.7 Å². The van der Waals surface area contributed by atoms with Crippen LogP contribution in [0.5, 0.6) is 0 Å². The number of halogens is 1. The van der Waals surface area contributed by atoms with Crippen LogP contribution < -0.4 is 10.2 Å². The van der Waals surface area contributed by atoms with Gasteiger partial charge in [-0.25, -0.2) is 4.98 Å². The van der Waals surface area contributed by atoms with Gasteiger partial charge in [-0.05, 0) is 35.4 Å². The highest BCUT2D eigenvalue weighted by atomic mass is 35.5. The molecule has 35 heavy (non-hydrogen) atoms. The Kier molecular flexibility index (Phi) is 8.13. The number of anilines is 1. The first-order chi connectivity index (χ1) is 17.0. The zero-order valence-corrected chi connectivity index (χ0v) is 20.4. The van der Waals surface area contributed by atoms with Crippen LogP contribution in [0.25, 0.3) is 11.3 Å². The quantitative estimate of drug-likeness (QED) is 0.281. The smallest absolute Gasteiger partial charge is 0.305 e. The lowest BCUT2D eigenvalue weighted by atomic mass is 10.1. The van der Waals surface area contributed by atoms with Gasteiger partial charge in [0.25, 0.3) is 5.91 Å². The van der Waals surface area contributed by atoms with E-state index in [9.17, 15) is 9.59 Å². The van der Waals surface area contributed by atoms with E-state index < -0.39 is 5.97 Å². The first-order valence-electron chi connectivity index (χ1n) is 11.1. The number of hydrogen-bond donors (Lipinski definition) is 2. The molecule has 1 amide bonds. The Balaban J connectivity index is 1.51. The number of aliphatic carboxylic acids is 1. The van der Waals surface area contributed by atoms with Gasteiger partial charge in [0.2, 0.25) is 0 Å². The van der Waals surface area contributed by atoms with Crippen molar-refractivity contribution in [3.05, 3.63) is 106 Å². The van der Waals surface area contributed by atoms with Crippen molar-refractivity contribution in [1.82, 2.24) is 10.3 Å². The Labute approximate surface area is 212 Å². The average molecular weight is 506 g/mol. The maximum Gasteiger partial charge on any atom is 0.305 e. The van der Waals surface area contributed by atoms with Crippen LogP contribution in [-0.4, -0.2) is 28.5 Å². The van der Waals surface area contributed by atoms with Crippen molar-refractivity contribution in [3.63, 3.8) is 0 Å². The van der Waals surface area contributed by atoms with E-state index in [-0.39, 0.29) is 18.9 Å². The molecule has 0 unspecified atom stereocenters. The predicted molar refractivity (Wildman–Crippen MR) is 140 cm³/mol. The molecule has 6 nitrogen and oxygen atoms in total. The van der Waals surface area contributed by atoms with Gasteiger partial charge >= 0.3 is 5.97 Å². The third-order valence-electron chi connectivity index (χ3n) is 5.33. The van der Waals surface area contributed by atoms with Crippen LogP contribution in [0.3, 0.4) is 0 Å². The molecule has 0 spiro atoms. The van der Waals surface area contributed by atoms with Gasteiger partial charge < -0.3 is 15.3 Å². The number of carboxylic acid groups (broad SMARTS) is 1. The first-order valence-corrected chi connectivity index (χ1v) is 12.3. The predicted octanol–water partition coefficient (Wildman–Crippen LogP) is 5.87. The molecule has 0 aliphatic carbocycles. The first kappa shape index (κ1) is 24.4. The zero-order valence-electron chi connectivity index (χ0n) is 18.9. The molecule has 2 N–H and O–H groups in total. The Bertz CT molecular complexity index is 1280. The van der Waals surface area contributed by atoms with Crippen molar-refractivity contribution in [1.29, 1.82) is 0 Å². The number of nitrogens with zero attached hydrogens (tertiary/aromatic N) is 2. The summed E-state index contributed by atoms with van der Waals surface area (Å²) in [6, 6.07) is 25.2. The molecule has 8 heteroatoms. The SMILES string of the molecule is O=C(O)CCNC(=O)c1ccc(CN(Cc2ccccc2)c2nc(-c3ccc(Cl)cc3)cs2)cc1. The molecular formula is C27H24ClN3O3S. The molecule has 0 aliphatic heterocycles. The van der Waals surface area contributed by atoms with Gasteiger partial charge in [0.15, 0.2) is 5.13 Å². The summed E-state index contributed by atoms with van der Waals surface area (Å²) in [6.07, 6.45) is -0.107. The number of nitrogens with one attached hydrogen (secondary N) is 1. The Morgan fingerprint density at radius 2 is 1.57 bits per heavy atom. The van der Waals surface area contributed by atoms with Crippen molar-refractivity contribution in [2.75, 3.05) is 11.4 Å². The molecule has 1 aromatic heterocycles. The Morgan fingerprint density at radius 3 is 2.23 bits per heavy atom. The average Bonchev–Trinajstić information content (AvgIpc) is 3.35. The van der Waals surface area contributed by atoms with Crippen LogP contribution in [0.2, 0.25) is 5.02 Å². The molecule has 0 bridgehead atoms. The third-order valence-corrected chi connectivity index (χ3v) is 6.49. The van der Waals surface area contributed by atoms with Crippen molar-refractivity contribution >= 4 is 39.9 Å². The van der Waals surface area contributed by atoms with Gasteiger partial charge in [-0.3, -0.25) is 9.59 Å². The monoisotopic (exact) mass is 505 g/mol. The zero-order chi connectivity index (χ0) is 24.6. The van der Waals surface area contributed by atoms with E-state index in [1.54, 1.807) is 23.5 Å². The Hall–Kier alpha value is -3.68. The van der Waals surface area contributed by atoms with E-state index in [0.29, 0.717) is 23.7 Å². The fourth-order valence-electron chi connectivity index (χ4n) is 3.52. The van der Waals surface area contributed by atoms with Gasteiger partial charge in [-0.15, -0.1) is 11.3 Å². The van der Waals surface area contributed by atoms with Crippen molar-refractivity contribution in [2.24, 2.45) is 0 Å². The van der Waals surface area contributed by atoms with Gasteiger partial charge in [0, 0.05) is 41.2 Å². The van der Waals surface area contributed by atoms with Crippen LogP contribution in [-0.2, 0) is 17.9 Å². The third kappa shape index (κ3) is 6.91. The minimum atomic E-state index is -0.944. The van der Waals surface area contributed by atoms with E-state index in [1.165, 1.54) is 5.56 Å². The number of carboxylic acids is 1. The number of carbonyl (C=O) groups excluding carboxylic acids is 1. The van der Waals surface area contributed by atoms with Crippen LogP contribution in [0.1, 0.15) is 27.9 Å². The number of thiazole rings is 1. The minimum Gasteiger partial charge on any atom is -0.481 e. The van der Waals surface area contributed by atoms with E-state index in [1.807, 2.05) is 60.0 Å². The summed E-state index contributed by atoms with van der Waals surface area (Å²) in [5, 5.41) is 15.0. The summed E-state index contributed by atoms with van der Waals surface area (Å²) in [7, 11) is 0. The number of carbonyl (C=O) groups is 2. The van der Waals surface area contributed by atoms with Gasteiger partial charge in [-0.1, -0.05) is 66.2 Å². The van der Waals surface area contributed by atoms with Crippen molar-refractivity contribution in [2.45, 2.75) is 19.5 Å². The van der Waals surface area contributed by atoms with Crippen LogP contribution in [0.15, 0.2) is 84.2 Å². The lowest BCUT2D eigenvalue weighted by Crippen LogP contribution is -2.26. The number of aromatic nitrogens is 1. The second-order valence-corrected chi connectivity index (χ2v) is 9.23. The summed E-state index contributed by atoms with van der Waals surface area (Å²) < 4.78 is 0. The maximum atomic E-state index is 12.2. The van der Waals surface area contributed by atoms with Crippen LogP contribution in [0.4, 0.5) is 5.13 Å². The summed E-state index contributed by atoms with van der Waals surface area (Å²) >= 11 is 7.61. The van der Waals surface area contributed by atoms with Crippen LogP contribution in [0, 0.1) is 0 Å². The maximum absolute atomic E-state index is 12.2. The molecule has 178 valence electrons. The molecule has 3 aromatic carbocycles. The van der Waals surface area contributed by atoms with E-state index in [4.69, 9.17) is 21.7 Å². The molecule has 4 rings (SSSR count). The minimum absolute atomic E-state index is 0.0980. The standard InChI is InChI=1S/C27H24ClN3O3S/c28-23-12-10-21(11-13-23)24-18-35-27(30-24)31(16-19-4-2-1-3-5-19)17-20-6-8-22(9-7-20)26(34)29-15-14-25(32)33/h1-13,18H,14-17H2,(H,29,34)(H,32,33). The van der Waals surface area contributed by atoms with Crippen molar-refractivity contribution in [3.8, 4) is 11.3 Å². The molecule has 4 aromatic rings. The molecule has 0 aliphatic rings. The van der Waals surface area contributed by atoms with Gasteiger partial charge in [0.05, 0.1) is 12.1 Å². The molecule has 0 saturated carbocycles. The number of rotatable bonds is 10. The normalized spacial score (nSPS) is 10.7. The topological polar surface area (TPSA) is 82.5 Å². The second-order valence-electron chi connectivity index (χ2n) is 7.96.